The lowest BCUT2D eigenvalue weighted by atomic mass is 9.69. The Hall–Kier alpha value is -2.80. The molecule has 3 nitrogen and oxygen atoms in total. The normalized spacial score (nSPS) is 19.7. The predicted octanol–water partition coefficient (Wildman–Crippen LogP) is 4.03. The maximum absolute atomic E-state index is 13.5. The molecule has 4 heteroatoms. The molecule has 1 aliphatic carbocycles. The number of nitriles is 1. The van der Waals surface area contributed by atoms with Crippen LogP contribution in [-0.4, -0.2) is 9.97 Å². The first-order chi connectivity index (χ1) is 11.6. The van der Waals surface area contributed by atoms with E-state index in [0.29, 0.717) is 24.8 Å². The van der Waals surface area contributed by atoms with Crippen molar-refractivity contribution in [2.45, 2.75) is 31.6 Å². The zero-order valence-electron chi connectivity index (χ0n) is 13.4. The van der Waals surface area contributed by atoms with Crippen LogP contribution >= 0.6 is 0 Å². The number of benzene rings is 1. The van der Waals surface area contributed by atoms with E-state index < -0.39 is 5.41 Å². The molecule has 4 rings (SSSR count). The van der Waals surface area contributed by atoms with Crippen LogP contribution in [0.3, 0.4) is 0 Å². The lowest BCUT2D eigenvalue weighted by Crippen LogP contribution is -2.33. The largest absolute Gasteiger partial charge is 0.264 e. The zero-order chi connectivity index (χ0) is 16.7. The van der Waals surface area contributed by atoms with Gasteiger partial charge in [0.15, 0.2) is 0 Å². The van der Waals surface area contributed by atoms with Gasteiger partial charge in [0.1, 0.15) is 5.82 Å². The topological polar surface area (TPSA) is 49.6 Å². The van der Waals surface area contributed by atoms with Gasteiger partial charge in [0, 0.05) is 29.5 Å². The Morgan fingerprint density at radius 2 is 2.17 bits per heavy atom. The van der Waals surface area contributed by atoms with Gasteiger partial charge in [-0.25, -0.2) is 4.39 Å². The highest BCUT2D eigenvalue weighted by molar-refractivity contribution is 5.83. The van der Waals surface area contributed by atoms with Crippen molar-refractivity contribution in [3.63, 3.8) is 0 Å². The van der Waals surface area contributed by atoms with Crippen LogP contribution in [0.15, 0.2) is 42.7 Å². The monoisotopic (exact) mass is 317 g/mol. The molecule has 0 fully saturated rings. The maximum atomic E-state index is 13.5. The molecule has 1 unspecified atom stereocenters. The summed E-state index contributed by atoms with van der Waals surface area (Å²) in [6, 6.07) is 11.1. The fourth-order valence-electron chi connectivity index (χ4n) is 3.72. The molecule has 2 aromatic heterocycles. The number of aromatic nitrogens is 2. The van der Waals surface area contributed by atoms with Crippen LogP contribution in [0.2, 0.25) is 0 Å². The van der Waals surface area contributed by atoms with Crippen molar-refractivity contribution in [1.82, 2.24) is 9.97 Å². The first kappa shape index (κ1) is 14.8. The van der Waals surface area contributed by atoms with Gasteiger partial charge in [-0.3, -0.25) is 9.97 Å². The van der Waals surface area contributed by atoms with Crippen LogP contribution in [0.25, 0.3) is 10.9 Å². The first-order valence-electron chi connectivity index (χ1n) is 8.02. The number of hydrogen-bond acceptors (Lipinski definition) is 3. The van der Waals surface area contributed by atoms with Crippen LogP contribution < -0.4 is 0 Å². The molecule has 2 heterocycles. The minimum Gasteiger partial charge on any atom is -0.264 e. The Morgan fingerprint density at radius 3 is 2.92 bits per heavy atom. The van der Waals surface area contributed by atoms with Crippen LogP contribution in [0.5, 0.6) is 0 Å². The van der Waals surface area contributed by atoms with E-state index in [1.165, 1.54) is 12.1 Å². The summed E-state index contributed by atoms with van der Waals surface area (Å²) in [5.41, 5.74) is 4.28. The SMILES string of the molecule is Cc1c2c(nc3cc(F)ccc13)CCC(C#N)(c1cccnc1)C2. The molecule has 1 aromatic carbocycles. The summed E-state index contributed by atoms with van der Waals surface area (Å²) in [7, 11) is 0. The quantitative estimate of drug-likeness (QED) is 0.681. The molecule has 0 bridgehead atoms. The smallest absolute Gasteiger partial charge is 0.125 e. The first-order valence-corrected chi connectivity index (χ1v) is 8.02. The molecule has 1 aliphatic rings. The molecule has 0 amide bonds. The third-order valence-electron chi connectivity index (χ3n) is 5.12. The second-order valence-corrected chi connectivity index (χ2v) is 6.44. The van der Waals surface area contributed by atoms with Crippen molar-refractivity contribution < 1.29 is 4.39 Å². The summed E-state index contributed by atoms with van der Waals surface area (Å²) in [4.78, 5) is 8.85. The van der Waals surface area contributed by atoms with Gasteiger partial charge in [0.05, 0.1) is 17.0 Å². The van der Waals surface area contributed by atoms with E-state index in [9.17, 15) is 9.65 Å². The summed E-state index contributed by atoms with van der Waals surface area (Å²) in [6.45, 7) is 2.04. The molecular weight excluding hydrogens is 301 g/mol. The van der Waals surface area contributed by atoms with Crippen LogP contribution in [0, 0.1) is 24.1 Å². The third-order valence-corrected chi connectivity index (χ3v) is 5.12. The van der Waals surface area contributed by atoms with Crippen LogP contribution in [0.4, 0.5) is 4.39 Å². The lowest BCUT2D eigenvalue weighted by Gasteiger charge is -2.33. The van der Waals surface area contributed by atoms with E-state index in [1.54, 1.807) is 18.5 Å². The van der Waals surface area contributed by atoms with E-state index in [0.717, 1.165) is 27.8 Å². The Kier molecular flexibility index (Phi) is 3.31. The molecule has 3 aromatic rings. The van der Waals surface area contributed by atoms with Gasteiger partial charge in [0.25, 0.3) is 0 Å². The van der Waals surface area contributed by atoms with Crippen molar-refractivity contribution >= 4 is 10.9 Å². The Morgan fingerprint density at radius 1 is 1.29 bits per heavy atom. The van der Waals surface area contributed by atoms with E-state index >= 15 is 0 Å². The number of pyridine rings is 2. The summed E-state index contributed by atoms with van der Waals surface area (Å²) in [5.74, 6) is -0.271. The van der Waals surface area contributed by atoms with Crippen LogP contribution in [0.1, 0.15) is 28.8 Å². The Bertz CT molecular complexity index is 976. The Balaban J connectivity index is 1.88. The van der Waals surface area contributed by atoms with E-state index in [1.807, 2.05) is 19.1 Å². The molecule has 24 heavy (non-hydrogen) atoms. The molecule has 0 saturated heterocycles. The average molecular weight is 317 g/mol. The highest BCUT2D eigenvalue weighted by Gasteiger charge is 2.38. The number of fused-ring (bicyclic) bond motifs is 2. The summed E-state index contributed by atoms with van der Waals surface area (Å²) >= 11 is 0. The van der Waals surface area contributed by atoms with Gasteiger partial charge >= 0.3 is 0 Å². The molecule has 1 atom stereocenters. The number of nitrogens with zero attached hydrogens (tertiary/aromatic N) is 3. The molecule has 0 spiro atoms. The fraction of sp³-hybridized carbons (Fsp3) is 0.250. The molecule has 118 valence electrons. The zero-order valence-corrected chi connectivity index (χ0v) is 13.4. The summed E-state index contributed by atoms with van der Waals surface area (Å²) in [5, 5.41) is 10.9. The van der Waals surface area contributed by atoms with E-state index in [2.05, 4.69) is 16.0 Å². The minimum atomic E-state index is -0.568. The maximum Gasteiger partial charge on any atom is 0.125 e. The van der Waals surface area contributed by atoms with E-state index in [-0.39, 0.29) is 5.82 Å². The molecule has 0 aliphatic heterocycles. The third kappa shape index (κ3) is 2.16. The Labute approximate surface area is 139 Å². The molecule has 0 radical (unpaired) electrons. The predicted molar refractivity (Wildman–Crippen MR) is 90.0 cm³/mol. The molecule has 0 N–H and O–H groups in total. The summed E-state index contributed by atoms with van der Waals surface area (Å²) < 4.78 is 13.5. The van der Waals surface area contributed by atoms with Crippen molar-refractivity contribution in [2.75, 3.05) is 0 Å². The summed E-state index contributed by atoms with van der Waals surface area (Å²) in [6.07, 6.45) is 5.55. The van der Waals surface area contributed by atoms with Crippen molar-refractivity contribution in [3.05, 3.63) is 70.9 Å². The molecular formula is C20H16FN3. The number of halogens is 1. The number of hydrogen-bond donors (Lipinski definition) is 0. The van der Waals surface area contributed by atoms with Crippen molar-refractivity contribution in [2.24, 2.45) is 0 Å². The van der Waals surface area contributed by atoms with Crippen molar-refractivity contribution in [1.29, 1.82) is 5.26 Å². The highest BCUT2D eigenvalue weighted by Crippen LogP contribution is 2.40. The van der Waals surface area contributed by atoms with Gasteiger partial charge in [-0.2, -0.15) is 5.26 Å². The molecule has 0 saturated carbocycles. The highest BCUT2D eigenvalue weighted by atomic mass is 19.1. The fourth-order valence-corrected chi connectivity index (χ4v) is 3.72. The van der Waals surface area contributed by atoms with Gasteiger partial charge in [-0.1, -0.05) is 6.07 Å². The standard InChI is InChI=1S/C20H16FN3/c1-13-16-5-4-15(21)9-19(16)24-18-6-7-20(12-22,10-17(13)18)14-3-2-8-23-11-14/h2-5,8-9,11H,6-7,10H2,1H3. The van der Waals surface area contributed by atoms with Crippen LogP contribution in [-0.2, 0) is 18.3 Å². The average Bonchev–Trinajstić information content (AvgIpc) is 2.62. The number of aryl methyl sites for hydroxylation is 2. The lowest BCUT2D eigenvalue weighted by molar-refractivity contribution is 0.465. The minimum absolute atomic E-state index is 0.271. The van der Waals surface area contributed by atoms with Gasteiger partial charge in [-0.15, -0.1) is 0 Å². The number of rotatable bonds is 1. The van der Waals surface area contributed by atoms with Gasteiger partial charge in [0.2, 0.25) is 0 Å². The van der Waals surface area contributed by atoms with E-state index in [4.69, 9.17) is 0 Å². The second-order valence-electron chi connectivity index (χ2n) is 6.44. The second kappa shape index (κ2) is 5.38. The van der Waals surface area contributed by atoms with Gasteiger partial charge < -0.3 is 0 Å². The van der Waals surface area contributed by atoms with Gasteiger partial charge in [-0.05, 0) is 61.1 Å². The van der Waals surface area contributed by atoms with Crippen molar-refractivity contribution in [3.8, 4) is 6.07 Å².